The van der Waals surface area contributed by atoms with Crippen molar-refractivity contribution in [2.45, 2.75) is 12.5 Å². The highest BCUT2D eigenvalue weighted by Gasteiger charge is 2.22. The van der Waals surface area contributed by atoms with E-state index >= 15 is 0 Å². The minimum Gasteiger partial charge on any atom is -0.365 e. The van der Waals surface area contributed by atoms with E-state index in [9.17, 15) is 0 Å². The summed E-state index contributed by atoms with van der Waals surface area (Å²) in [4.78, 5) is 10.9. The number of likely N-dealkylation sites (tertiary alicyclic amines) is 1. The second kappa shape index (κ2) is 5.45. The molecule has 0 bridgehead atoms. The topological polar surface area (TPSA) is 41.0 Å². The maximum atomic E-state index is 5.96. The first-order chi connectivity index (χ1) is 9.26. The molecule has 1 aliphatic rings. The summed E-state index contributed by atoms with van der Waals surface area (Å²) in [6, 6.07) is 2.38. The van der Waals surface area contributed by atoms with Gasteiger partial charge in [0.25, 0.3) is 0 Å². The number of anilines is 1. The highest BCUT2D eigenvalue weighted by atomic mass is 35.5. The van der Waals surface area contributed by atoms with Gasteiger partial charge in [-0.2, -0.15) is 4.98 Å². The van der Waals surface area contributed by atoms with Crippen molar-refractivity contribution in [2.75, 3.05) is 25.0 Å². The molecule has 0 amide bonds. The zero-order valence-electron chi connectivity index (χ0n) is 10.5. The van der Waals surface area contributed by atoms with E-state index in [0.29, 0.717) is 11.3 Å². The Hall–Kier alpha value is -1.17. The van der Waals surface area contributed by atoms with Gasteiger partial charge < -0.3 is 5.32 Å². The minimum absolute atomic E-state index is 0.300. The van der Waals surface area contributed by atoms with Gasteiger partial charge in [0.05, 0.1) is 10.2 Å². The number of fused-ring (bicyclic) bond motifs is 1. The first-order valence-electron chi connectivity index (χ1n) is 6.27. The van der Waals surface area contributed by atoms with Crippen LogP contribution in [0.25, 0.3) is 10.2 Å². The third-order valence-corrected chi connectivity index (χ3v) is 4.36. The van der Waals surface area contributed by atoms with Crippen LogP contribution >= 0.6 is 22.9 Å². The van der Waals surface area contributed by atoms with E-state index in [0.717, 1.165) is 42.1 Å². The molecule has 0 spiro atoms. The Kier molecular flexibility index (Phi) is 3.68. The third-order valence-electron chi connectivity index (χ3n) is 3.28. The van der Waals surface area contributed by atoms with Crippen molar-refractivity contribution in [1.82, 2.24) is 14.9 Å². The molecule has 1 atom stereocenters. The molecule has 6 heteroatoms. The molecular formula is C13H15ClN4S. The van der Waals surface area contributed by atoms with E-state index in [2.05, 4.69) is 26.8 Å². The zero-order chi connectivity index (χ0) is 13.2. The van der Waals surface area contributed by atoms with Gasteiger partial charge in [-0.3, -0.25) is 4.90 Å². The Morgan fingerprint density at radius 2 is 2.47 bits per heavy atom. The van der Waals surface area contributed by atoms with Gasteiger partial charge in [0.15, 0.2) is 0 Å². The van der Waals surface area contributed by atoms with Crippen LogP contribution in [0.2, 0.25) is 5.28 Å². The summed E-state index contributed by atoms with van der Waals surface area (Å²) in [5.41, 5.74) is 0.911. The molecule has 0 saturated carbocycles. The van der Waals surface area contributed by atoms with E-state index < -0.39 is 0 Å². The van der Waals surface area contributed by atoms with Gasteiger partial charge in [-0.05, 0) is 29.5 Å². The minimum atomic E-state index is 0.300. The van der Waals surface area contributed by atoms with Gasteiger partial charge in [-0.1, -0.05) is 6.08 Å². The van der Waals surface area contributed by atoms with Crippen LogP contribution in [0.5, 0.6) is 0 Å². The zero-order valence-corrected chi connectivity index (χ0v) is 12.0. The second-order valence-electron chi connectivity index (χ2n) is 4.65. The lowest BCUT2D eigenvalue weighted by atomic mass is 10.2. The molecule has 2 aromatic heterocycles. The van der Waals surface area contributed by atoms with Gasteiger partial charge in [0.2, 0.25) is 5.28 Å². The van der Waals surface area contributed by atoms with Crippen molar-refractivity contribution in [3.8, 4) is 0 Å². The van der Waals surface area contributed by atoms with Gasteiger partial charge >= 0.3 is 0 Å². The lowest BCUT2D eigenvalue weighted by Gasteiger charge is -2.15. The lowest BCUT2D eigenvalue weighted by Crippen LogP contribution is -2.26. The smallest absolute Gasteiger partial charge is 0.224 e. The van der Waals surface area contributed by atoms with Crippen LogP contribution in [0.3, 0.4) is 0 Å². The lowest BCUT2D eigenvalue weighted by molar-refractivity contribution is 0.374. The van der Waals surface area contributed by atoms with Crippen LogP contribution in [0.15, 0.2) is 24.1 Å². The summed E-state index contributed by atoms with van der Waals surface area (Å²) in [5.74, 6) is 0.857. The van der Waals surface area contributed by atoms with Gasteiger partial charge in [-0.25, -0.2) is 4.98 Å². The standard InChI is InChI=1S/C13H15ClN4S/c1-2-5-18-6-3-9(8-18)15-12-11-10(4-7-19-11)16-13(14)17-12/h2,4,7,9H,1,3,5-6,8H2,(H,15,16,17)/t9-/m1/s1. The molecule has 3 heterocycles. The van der Waals surface area contributed by atoms with E-state index in [1.54, 1.807) is 11.3 Å². The molecule has 1 saturated heterocycles. The Bertz CT molecular complexity index is 597. The van der Waals surface area contributed by atoms with E-state index in [-0.39, 0.29) is 0 Å². The summed E-state index contributed by atoms with van der Waals surface area (Å²) >= 11 is 7.60. The Morgan fingerprint density at radius 3 is 3.32 bits per heavy atom. The number of hydrogen-bond donors (Lipinski definition) is 1. The molecule has 1 aliphatic heterocycles. The van der Waals surface area contributed by atoms with Gasteiger partial charge in [0.1, 0.15) is 5.82 Å². The van der Waals surface area contributed by atoms with Crippen LogP contribution in [-0.4, -0.2) is 40.5 Å². The van der Waals surface area contributed by atoms with Gasteiger partial charge in [0, 0.05) is 25.7 Å². The first kappa shape index (κ1) is 12.8. The summed E-state index contributed by atoms with van der Waals surface area (Å²) < 4.78 is 1.08. The molecule has 100 valence electrons. The monoisotopic (exact) mass is 294 g/mol. The Labute approximate surface area is 121 Å². The third kappa shape index (κ3) is 2.73. The number of nitrogens with zero attached hydrogens (tertiary/aromatic N) is 3. The molecule has 1 fully saturated rings. The maximum absolute atomic E-state index is 5.96. The Morgan fingerprint density at radius 1 is 1.58 bits per heavy atom. The van der Waals surface area contributed by atoms with Crippen molar-refractivity contribution in [1.29, 1.82) is 0 Å². The molecule has 4 nitrogen and oxygen atoms in total. The SMILES string of the molecule is C=CCN1CC[C@@H](Nc2nc(Cl)nc3ccsc23)C1. The molecule has 0 aromatic carbocycles. The number of halogens is 1. The number of hydrogen-bond acceptors (Lipinski definition) is 5. The van der Waals surface area contributed by atoms with E-state index in [1.807, 2.05) is 17.5 Å². The van der Waals surface area contributed by atoms with Crippen LogP contribution in [0.4, 0.5) is 5.82 Å². The van der Waals surface area contributed by atoms with Crippen LogP contribution in [0, 0.1) is 0 Å². The highest BCUT2D eigenvalue weighted by Crippen LogP contribution is 2.28. The summed E-state index contributed by atoms with van der Waals surface area (Å²) in [7, 11) is 0. The fourth-order valence-electron chi connectivity index (χ4n) is 2.43. The van der Waals surface area contributed by atoms with Crippen molar-refractivity contribution < 1.29 is 0 Å². The van der Waals surface area contributed by atoms with E-state index in [1.165, 1.54) is 0 Å². The normalized spacial score (nSPS) is 19.9. The van der Waals surface area contributed by atoms with Crippen molar-refractivity contribution in [3.05, 3.63) is 29.4 Å². The van der Waals surface area contributed by atoms with Crippen LogP contribution in [-0.2, 0) is 0 Å². The maximum Gasteiger partial charge on any atom is 0.224 e. The predicted molar refractivity (Wildman–Crippen MR) is 81.1 cm³/mol. The highest BCUT2D eigenvalue weighted by molar-refractivity contribution is 7.17. The predicted octanol–water partition coefficient (Wildman–Crippen LogP) is 3.02. The molecule has 1 N–H and O–H groups in total. The molecule has 0 aliphatic carbocycles. The molecule has 3 rings (SSSR count). The first-order valence-corrected chi connectivity index (χ1v) is 7.52. The van der Waals surface area contributed by atoms with Crippen molar-refractivity contribution in [3.63, 3.8) is 0 Å². The number of thiophene rings is 1. The van der Waals surface area contributed by atoms with Gasteiger partial charge in [-0.15, -0.1) is 17.9 Å². The van der Waals surface area contributed by atoms with Crippen molar-refractivity contribution >= 4 is 39.0 Å². The average molecular weight is 295 g/mol. The van der Waals surface area contributed by atoms with E-state index in [4.69, 9.17) is 11.6 Å². The van der Waals surface area contributed by atoms with Crippen molar-refractivity contribution in [2.24, 2.45) is 0 Å². The Balaban J connectivity index is 1.78. The number of rotatable bonds is 4. The molecular weight excluding hydrogens is 280 g/mol. The second-order valence-corrected chi connectivity index (χ2v) is 5.91. The molecule has 19 heavy (non-hydrogen) atoms. The molecule has 0 unspecified atom stereocenters. The number of nitrogens with one attached hydrogen (secondary N) is 1. The van der Waals surface area contributed by atoms with Crippen LogP contribution in [0.1, 0.15) is 6.42 Å². The fourth-order valence-corrected chi connectivity index (χ4v) is 3.38. The summed E-state index contributed by atoms with van der Waals surface area (Å²) in [5, 5.41) is 5.81. The average Bonchev–Trinajstić information content (AvgIpc) is 2.98. The van der Waals surface area contributed by atoms with Crippen LogP contribution < -0.4 is 5.32 Å². The summed E-state index contributed by atoms with van der Waals surface area (Å²) in [6.07, 6.45) is 3.06. The molecule has 2 aromatic rings. The quantitative estimate of drug-likeness (QED) is 0.695. The molecule has 0 radical (unpaired) electrons. The fraction of sp³-hybridized carbons (Fsp3) is 0.385. The summed E-state index contributed by atoms with van der Waals surface area (Å²) in [6.45, 7) is 6.83. The largest absolute Gasteiger partial charge is 0.365 e. The number of aromatic nitrogens is 2.